The van der Waals surface area contributed by atoms with E-state index >= 15 is 0 Å². The fourth-order valence-electron chi connectivity index (χ4n) is 12.1. The van der Waals surface area contributed by atoms with Crippen molar-refractivity contribution >= 4 is 8.32 Å². The van der Waals surface area contributed by atoms with Crippen LogP contribution in [0.3, 0.4) is 0 Å². The molecule has 1 N–H and O–H groups in total. The monoisotopic (exact) mass is 817 g/mol. The number of ether oxygens (including phenoxy) is 7. The van der Waals surface area contributed by atoms with E-state index in [-0.39, 0.29) is 85.8 Å². The highest BCUT2D eigenvalue weighted by atomic mass is 28.4. The summed E-state index contributed by atoms with van der Waals surface area (Å²) >= 11 is 0. The Morgan fingerprint density at radius 2 is 1.51 bits per heavy atom. The molecule has 0 saturated carbocycles. The van der Waals surface area contributed by atoms with Crippen molar-refractivity contribution in [2.24, 2.45) is 29.6 Å². The summed E-state index contributed by atoms with van der Waals surface area (Å²) in [5, 5.41) is 9.46. The maximum atomic E-state index is 9.46. The lowest BCUT2D eigenvalue weighted by atomic mass is 9.80. The average Bonchev–Trinajstić information content (AvgIpc) is 3.87. The van der Waals surface area contributed by atoms with Gasteiger partial charge in [0.2, 0.25) is 0 Å². The summed E-state index contributed by atoms with van der Waals surface area (Å²) in [6.07, 6.45) is 11.4. The minimum absolute atomic E-state index is 0.0134. The van der Waals surface area contributed by atoms with Gasteiger partial charge in [0.05, 0.1) is 54.9 Å². The summed E-state index contributed by atoms with van der Waals surface area (Å²) in [7, 11) is -1.59. The molecule has 6 bridgehead atoms. The molecule has 326 valence electrons. The molecule has 10 heteroatoms. The highest BCUT2D eigenvalue weighted by Gasteiger charge is 2.67. The van der Waals surface area contributed by atoms with Gasteiger partial charge in [-0.05, 0) is 104 Å². The van der Waals surface area contributed by atoms with Crippen LogP contribution >= 0.6 is 0 Å². The van der Waals surface area contributed by atoms with E-state index in [9.17, 15) is 5.11 Å². The molecule has 0 aromatic rings. The summed E-state index contributed by atoms with van der Waals surface area (Å²) in [6, 6.07) is 3.60. The van der Waals surface area contributed by atoms with E-state index in [0.29, 0.717) is 23.7 Å². The third kappa shape index (κ3) is 9.27. The van der Waals surface area contributed by atoms with Gasteiger partial charge >= 0.3 is 0 Å². The molecular weight excluding hydrogens is 737 g/mol. The second-order valence-electron chi connectivity index (χ2n) is 19.7. The summed E-state index contributed by atoms with van der Waals surface area (Å²) in [4.78, 5) is 0. The maximum Gasteiger partial charge on any atom is 0.191 e. The van der Waals surface area contributed by atoms with E-state index in [4.69, 9.17) is 37.6 Å². The molecular formula is C47H80O9Si. The van der Waals surface area contributed by atoms with Crippen molar-refractivity contribution in [3.8, 4) is 0 Å². The Labute approximate surface area is 346 Å². The molecule has 5 unspecified atom stereocenters. The van der Waals surface area contributed by atoms with Crippen LogP contribution in [0.5, 0.6) is 0 Å². The van der Waals surface area contributed by atoms with Crippen molar-refractivity contribution in [1.82, 2.24) is 0 Å². The summed E-state index contributed by atoms with van der Waals surface area (Å²) in [6.45, 7) is 28.7. The topological polar surface area (TPSA) is 94.1 Å². The smallest absolute Gasteiger partial charge is 0.191 e. The predicted octanol–water partition coefficient (Wildman–Crippen LogP) is 9.31. The lowest BCUT2D eigenvalue weighted by Gasteiger charge is -2.42. The van der Waals surface area contributed by atoms with Crippen molar-refractivity contribution in [2.45, 2.75) is 230 Å². The summed E-state index contributed by atoms with van der Waals surface area (Å²) in [5.41, 5.74) is 2.43. The van der Waals surface area contributed by atoms with Crippen LogP contribution in [0, 0.1) is 29.6 Å². The molecule has 8 heterocycles. The first-order valence-corrected chi connectivity index (χ1v) is 26.1. The van der Waals surface area contributed by atoms with Gasteiger partial charge in [-0.25, -0.2) is 0 Å². The molecule has 18 atom stereocenters. The zero-order valence-electron chi connectivity index (χ0n) is 37.0. The first-order valence-electron chi connectivity index (χ1n) is 23.6. The van der Waals surface area contributed by atoms with Gasteiger partial charge in [-0.3, -0.25) is 0 Å². The van der Waals surface area contributed by atoms with Gasteiger partial charge in [-0.15, -0.1) is 0 Å². The van der Waals surface area contributed by atoms with E-state index in [1.54, 1.807) is 0 Å². The lowest BCUT2D eigenvalue weighted by molar-refractivity contribution is -0.263. The molecule has 0 spiro atoms. The Morgan fingerprint density at radius 3 is 2.23 bits per heavy atom. The Kier molecular flexibility index (Phi) is 14.6. The number of aliphatic hydroxyl groups excluding tert-OH is 1. The molecule has 0 amide bonds. The van der Waals surface area contributed by atoms with Crippen LogP contribution in [0.25, 0.3) is 0 Å². The molecule has 8 aliphatic heterocycles. The van der Waals surface area contributed by atoms with E-state index in [1.165, 1.54) is 29.3 Å². The van der Waals surface area contributed by atoms with Gasteiger partial charge < -0.3 is 42.7 Å². The first-order chi connectivity index (χ1) is 27.4. The second-order valence-corrected chi connectivity index (χ2v) is 24.5. The molecule has 0 aromatic heterocycles. The SMILES string of the molecule is C=C1C[C@H](CC[C@@]23C[C@H]4O[C@H]5C(O2)C(C)[C@H](CCCO)O[C@H]5[C@H]4O3)OC1CC[C@H]1C[C@@H](C)C(=C)C(C[C@@H]2O[C@H](C[C@H](C)CO[Si](CC)(CC)CC)[C@H](C)C2CC)O1. The zero-order valence-corrected chi connectivity index (χ0v) is 38.0. The molecule has 9 nitrogen and oxygen atoms in total. The highest BCUT2D eigenvalue weighted by molar-refractivity contribution is 6.73. The van der Waals surface area contributed by atoms with E-state index in [0.717, 1.165) is 83.7 Å². The van der Waals surface area contributed by atoms with Crippen LogP contribution in [0.1, 0.15) is 132 Å². The van der Waals surface area contributed by atoms with Crippen LogP contribution in [-0.2, 0) is 37.6 Å². The zero-order chi connectivity index (χ0) is 40.6. The maximum absolute atomic E-state index is 9.46. The third-order valence-corrected chi connectivity index (χ3v) is 20.8. The van der Waals surface area contributed by atoms with Crippen LogP contribution in [0.4, 0.5) is 0 Å². The standard InChI is InChI=1S/C47H80O9Si/c1-11-36-32(9)39(22-28(5)27-49-57(12-2,13-3)14-4)52-41(36)25-40-31(8)29(6)23-34(51-40)17-18-37-30(7)24-35(50-37)19-20-47-26-42-44(56-47)46-45(54-42)43(55-47)33(10)38(53-46)16-15-21-48/h28-29,32-46,48H,7-8,11-27H2,1-6,9-10H3/t28-,29+,32+,33?,34-,35-,36?,37?,38-,39+,40?,41-,42+,43?,44-,45-,46-,47+/m0/s1. The van der Waals surface area contributed by atoms with Gasteiger partial charge in [-0.2, -0.15) is 0 Å². The molecule has 8 rings (SSSR count). The number of hydrogen-bond acceptors (Lipinski definition) is 9. The quantitative estimate of drug-likeness (QED) is 0.0954. The van der Waals surface area contributed by atoms with Crippen LogP contribution in [-0.4, -0.2) is 106 Å². The molecule has 57 heavy (non-hydrogen) atoms. The largest absolute Gasteiger partial charge is 0.417 e. The van der Waals surface area contributed by atoms with Gasteiger partial charge in [0, 0.05) is 38.4 Å². The van der Waals surface area contributed by atoms with E-state index in [1.807, 2.05) is 0 Å². The average molecular weight is 817 g/mol. The molecule has 8 aliphatic rings. The van der Waals surface area contributed by atoms with Crippen LogP contribution < -0.4 is 0 Å². The second kappa shape index (κ2) is 18.8. The highest BCUT2D eigenvalue weighted by Crippen LogP contribution is 2.54. The van der Waals surface area contributed by atoms with Crippen molar-refractivity contribution in [3.63, 3.8) is 0 Å². The van der Waals surface area contributed by atoms with Crippen molar-refractivity contribution in [3.05, 3.63) is 24.3 Å². The third-order valence-electron chi connectivity index (χ3n) is 16.1. The van der Waals surface area contributed by atoms with Crippen LogP contribution in [0.15, 0.2) is 24.3 Å². The van der Waals surface area contributed by atoms with Crippen LogP contribution in [0.2, 0.25) is 18.1 Å². The minimum Gasteiger partial charge on any atom is -0.417 e. The van der Waals surface area contributed by atoms with Crippen molar-refractivity contribution in [2.75, 3.05) is 13.2 Å². The number of rotatable bonds is 20. The molecule has 8 saturated heterocycles. The Morgan fingerprint density at radius 1 is 0.789 bits per heavy atom. The van der Waals surface area contributed by atoms with Gasteiger partial charge in [0.15, 0.2) is 14.1 Å². The van der Waals surface area contributed by atoms with Crippen molar-refractivity contribution in [1.29, 1.82) is 0 Å². The first kappa shape index (κ1) is 44.4. The van der Waals surface area contributed by atoms with Gasteiger partial charge in [0.1, 0.15) is 18.3 Å². The molecule has 0 aromatic carbocycles. The fraction of sp³-hybridized carbons (Fsp3) is 0.915. The number of aliphatic hydroxyl groups is 1. The molecule has 0 radical (unpaired) electrons. The molecule has 0 aliphatic carbocycles. The Balaban J connectivity index is 0.884. The summed E-state index contributed by atoms with van der Waals surface area (Å²) < 4.78 is 54.0. The number of hydrogen-bond donors (Lipinski definition) is 1. The predicted molar refractivity (Wildman–Crippen MR) is 226 cm³/mol. The fourth-order valence-corrected chi connectivity index (χ4v) is 14.9. The lowest BCUT2D eigenvalue weighted by Crippen LogP contribution is -2.54. The van der Waals surface area contributed by atoms with Gasteiger partial charge in [0.25, 0.3) is 0 Å². The minimum atomic E-state index is -1.59. The van der Waals surface area contributed by atoms with Gasteiger partial charge in [-0.1, -0.05) is 75.0 Å². The normalized spacial score (nSPS) is 44.6. The van der Waals surface area contributed by atoms with E-state index < -0.39 is 14.1 Å². The van der Waals surface area contributed by atoms with Crippen molar-refractivity contribution < 1.29 is 42.7 Å². The Hall–Kier alpha value is -0.663. The van der Waals surface area contributed by atoms with E-state index in [2.05, 4.69) is 68.5 Å². The Bertz CT molecular complexity index is 1350. The molecule has 8 fully saturated rings. The summed E-state index contributed by atoms with van der Waals surface area (Å²) in [5.74, 6) is 1.49.